The Hall–Kier alpha value is -2.54. The Morgan fingerprint density at radius 1 is 1.21 bits per heavy atom. The number of aromatic nitrogens is 3. The number of hydrogen-bond donors (Lipinski definition) is 1. The predicted octanol–water partition coefficient (Wildman–Crippen LogP) is 6.37. The number of rotatable bonds is 8. The molecule has 1 unspecified atom stereocenters. The predicted molar refractivity (Wildman–Crippen MR) is 133 cm³/mol. The third kappa shape index (κ3) is 5.93. The third-order valence-corrected chi connectivity index (χ3v) is 6.56. The minimum absolute atomic E-state index is 0.0553. The Bertz CT molecular complexity index is 1130. The molecule has 0 aliphatic carbocycles. The molecule has 186 valence electrons. The van der Waals surface area contributed by atoms with Crippen molar-refractivity contribution in [3.05, 3.63) is 57.1 Å². The van der Waals surface area contributed by atoms with E-state index in [0.717, 1.165) is 73.7 Å². The SMILES string of the molecule is CCCC(CCC)c1noc2cc(F)ccc12.CCCCc1c(C)nc2n(c1=O)CCCC2O. The van der Waals surface area contributed by atoms with Gasteiger partial charge in [-0.15, -0.1) is 0 Å². The summed E-state index contributed by atoms with van der Waals surface area (Å²) in [5.74, 6) is 0.707. The maximum absolute atomic E-state index is 13.1. The van der Waals surface area contributed by atoms with Gasteiger partial charge in [-0.3, -0.25) is 9.36 Å². The lowest BCUT2D eigenvalue weighted by molar-refractivity contribution is 0.129. The highest BCUT2D eigenvalue weighted by atomic mass is 19.1. The normalized spacial score (nSPS) is 15.3. The fraction of sp³-hybridized carbons (Fsp3) is 0.593. The largest absolute Gasteiger partial charge is 0.385 e. The van der Waals surface area contributed by atoms with Gasteiger partial charge in [-0.1, -0.05) is 45.2 Å². The molecular formula is C27H38FN3O3. The smallest absolute Gasteiger partial charge is 0.257 e. The highest BCUT2D eigenvalue weighted by molar-refractivity contribution is 5.79. The average Bonchev–Trinajstić information content (AvgIpc) is 3.23. The van der Waals surface area contributed by atoms with Crippen molar-refractivity contribution in [2.24, 2.45) is 0 Å². The van der Waals surface area contributed by atoms with Crippen LogP contribution >= 0.6 is 0 Å². The van der Waals surface area contributed by atoms with Gasteiger partial charge in [0.05, 0.1) is 5.69 Å². The monoisotopic (exact) mass is 471 g/mol. The summed E-state index contributed by atoms with van der Waals surface area (Å²) < 4.78 is 19.9. The van der Waals surface area contributed by atoms with Crippen LogP contribution in [-0.4, -0.2) is 19.8 Å². The Morgan fingerprint density at radius 3 is 2.62 bits per heavy atom. The zero-order valence-corrected chi connectivity index (χ0v) is 20.9. The van der Waals surface area contributed by atoms with Crippen LogP contribution in [0.3, 0.4) is 0 Å². The molecule has 4 rings (SSSR count). The maximum Gasteiger partial charge on any atom is 0.257 e. The van der Waals surface area contributed by atoms with Gasteiger partial charge in [-0.05, 0) is 57.6 Å². The molecule has 0 radical (unpaired) electrons. The number of hydrogen-bond acceptors (Lipinski definition) is 5. The van der Waals surface area contributed by atoms with Gasteiger partial charge in [0, 0.05) is 35.2 Å². The Labute approximate surface area is 201 Å². The summed E-state index contributed by atoms with van der Waals surface area (Å²) >= 11 is 0. The molecule has 0 spiro atoms. The van der Waals surface area contributed by atoms with Crippen molar-refractivity contribution >= 4 is 11.0 Å². The van der Waals surface area contributed by atoms with E-state index in [4.69, 9.17) is 4.52 Å². The van der Waals surface area contributed by atoms with Crippen LogP contribution in [0, 0.1) is 12.7 Å². The van der Waals surface area contributed by atoms with Crippen molar-refractivity contribution in [2.45, 2.75) is 104 Å². The molecule has 3 aromatic rings. The Morgan fingerprint density at radius 2 is 1.94 bits per heavy atom. The van der Waals surface area contributed by atoms with Crippen LogP contribution < -0.4 is 5.56 Å². The van der Waals surface area contributed by atoms with Crippen LogP contribution in [0.5, 0.6) is 0 Å². The molecule has 0 fully saturated rings. The topological polar surface area (TPSA) is 81.2 Å². The van der Waals surface area contributed by atoms with E-state index >= 15 is 0 Å². The molecule has 2 aromatic heterocycles. The van der Waals surface area contributed by atoms with Gasteiger partial charge >= 0.3 is 0 Å². The zero-order valence-electron chi connectivity index (χ0n) is 20.9. The van der Waals surface area contributed by atoms with Crippen molar-refractivity contribution in [3.63, 3.8) is 0 Å². The summed E-state index contributed by atoms with van der Waals surface area (Å²) in [6.45, 7) is 9.02. The summed E-state index contributed by atoms with van der Waals surface area (Å²) in [7, 11) is 0. The number of halogens is 1. The van der Waals surface area contributed by atoms with E-state index in [1.165, 1.54) is 12.1 Å². The molecule has 0 bridgehead atoms. The van der Waals surface area contributed by atoms with Crippen LogP contribution in [0.2, 0.25) is 0 Å². The highest BCUT2D eigenvalue weighted by Gasteiger charge is 2.23. The molecule has 1 atom stereocenters. The molecule has 1 aliphatic heterocycles. The second-order valence-corrected chi connectivity index (χ2v) is 9.23. The van der Waals surface area contributed by atoms with Crippen LogP contribution in [0.15, 0.2) is 27.5 Å². The van der Waals surface area contributed by atoms with Gasteiger partial charge in [0.2, 0.25) is 0 Å². The third-order valence-electron chi connectivity index (χ3n) is 6.56. The number of nitrogens with zero attached hydrogens (tertiary/aromatic N) is 3. The number of unbranched alkanes of at least 4 members (excludes halogenated alkanes) is 1. The molecule has 34 heavy (non-hydrogen) atoms. The molecule has 1 N–H and O–H groups in total. The molecule has 1 aliphatic rings. The van der Waals surface area contributed by atoms with Gasteiger partial charge in [0.1, 0.15) is 17.7 Å². The van der Waals surface area contributed by atoms with E-state index in [9.17, 15) is 14.3 Å². The van der Waals surface area contributed by atoms with Crippen LogP contribution in [0.1, 0.15) is 107 Å². The van der Waals surface area contributed by atoms with Crippen LogP contribution in [0.4, 0.5) is 4.39 Å². The minimum atomic E-state index is -0.574. The molecule has 6 nitrogen and oxygen atoms in total. The van der Waals surface area contributed by atoms with Gasteiger partial charge in [-0.25, -0.2) is 9.37 Å². The summed E-state index contributed by atoms with van der Waals surface area (Å²) in [6.07, 6.45) is 8.33. The second kappa shape index (κ2) is 12.2. The van der Waals surface area contributed by atoms with Gasteiger partial charge in [-0.2, -0.15) is 0 Å². The molecule has 7 heteroatoms. The first kappa shape index (κ1) is 26.1. The van der Waals surface area contributed by atoms with Gasteiger partial charge in [0.25, 0.3) is 5.56 Å². The van der Waals surface area contributed by atoms with Crippen LogP contribution in [-0.2, 0) is 13.0 Å². The molecule has 3 heterocycles. The van der Waals surface area contributed by atoms with Gasteiger partial charge < -0.3 is 9.63 Å². The Balaban J connectivity index is 0.000000191. The first-order chi connectivity index (χ1) is 16.4. The van der Waals surface area contributed by atoms with Crippen LogP contribution in [0.25, 0.3) is 11.0 Å². The quantitative estimate of drug-likeness (QED) is 0.413. The molecule has 1 aromatic carbocycles. The van der Waals surface area contributed by atoms with E-state index in [-0.39, 0.29) is 11.4 Å². The number of fused-ring (bicyclic) bond motifs is 2. The van der Waals surface area contributed by atoms with Gasteiger partial charge in [0.15, 0.2) is 5.58 Å². The van der Waals surface area contributed by atoms with Crippen molar-refractivity contribution in [1.82, 2.24) is 14.7 Å². The summed E-state index contributed by atoms with van der Waals surface area (Å²) in [4.78, 5) is 16.7. The van der Waals surface area contributed by atoms with Crippen molar-refractivity contribution in [3.8, 4) is 0 Å². The average molecular weight is 472 g/mol. The van der Waals surface area contributed by atoms with E-state index in [1.54, 1.807) is 10.6 Å². The van der Waals surface area contributed by atoms with E-state index in [0.29, 0.717) is 30.3 Å². The first-order valence-electron chi connectivity index (χ1n) is 12.7. The molecule has 0 amide bonds. The lowest BCUT2D eigenvalue weighted by atomic mass is 9.93. The van der Waals surface area contributed by atoms with Crippen molar-refractivity contribution in [1.29, 1.82) is 0 Å². The molecular weight excluding hydrogens is 433 g/mol. The maximum atomic E-state index is 13.1. The van der Waals surface area contributed by atoms with E-state index < -0.39 is 6.10 Å². The number of aliphatic hydroxyl groups is 1. The van der Waals surface area contributed by atoms with Crippen molar-refractivity contribution < 1.29 is 14.0 Å². The second-order valence-electron chi connectivity index (χ2n) is 9.23. The summed E-state index contributed by atoms with van der Waals surface area (Å²) in [6, 6.07) is 4.65. The number of aryl methyl sites for hydroxylation is 1. The van der Waals surface area contributed by atoms with E-state index in [2.05, 4.69) is 30.9 Å². The molecule has 0 saturated heterocycles. The van der Waals surface area contributed by atoms with E-state index in [1.807, 2.05) is 6.92 Å². The Kier molecular flexibility index (Phi) is 9.39. The standard InChI is InChI=1S/C14H18FNO.C13H20N2O2/c1-3-5-10(6-4-2)14-12-8-7-11(15)9-13(12)17-16-14;1-3-4-6-10-9(2)14-12-11(16)7-5-8-15(12)13(10)17/h7-10H,3-6H2,1-2H3;11,16H,3-8H2,1-2H3. The summed E-state index contributed by atoms with van der Waals surface area (Å²) in [5, 5.41) is 14.9. The lowest BCUT2D eigenvalue weighted by Gasteiger charge is -2.23. The first-order valence-corrected chi connectivity index (χ1v) is 12.7. The lowest BCUT2D eigenvalue weighted by Crippen LogP contribution is -2.33. The fourth-order valence-corrected chi connectivity index (χ4v) is 4.75. The summed E-state index contributed by atoms with van der Waals surface area (Å²) in [5.41, 5.74) is 3.21. The minimum Gasteiger partial charge on any atom is -0.385 e. The fourth-order valence-electron chi connectivity index (χ4n) is 4.75. The zero-order chi connectivity index (χ0) is 24.7. The highest BCUT2D eigenvalue weighted by Crippen LogP contribution is 2.31. The number of aliphatic hydroxyl groups excluding tert-OH is 1. The molecule has 0 saturated carbocycles. The van der Waals surface area contributed by atoms with Crippen molar-refractivity contribution in [2.75, 3.05) is 0 Å². The number of benzene rings is 1.